The normalized spacial score (nSPS) is 12.2. The van der Waals surface area contributed by atoms with Crippen molar-refractivity contribution in [2.75, 3.05) is 13.7 Å². The van der Waals surface area contributed by atoms with Gasteiger partial charge >= 0.3 is 0 Å². The Kier molecular flexibility index (Phi) is 5.34. The Morgan fingerprint density at radius 2 is 1.86 bits per heavy atom. The molecule has 0 saturated heterocycles. The van der Waals surface area contributed by atoms with E-state index < -0.39 is 0 Å². The van der Waals surface area contributed by atoms with Crippen molar-refractivity contribution in [1.29, 1.82) is 0 Å². The van der Waals surface area contributed by atoms with Crippen LogP contribution in [0.1, 0.15) is 36.6 Å². The van der Waals surface area contributed by atoms with Gasteiger partial charge in [-0.05, 0) is 41.8 Å². The molecular formula is C18H22FNO. The summed E-state index contributed by atoms with van der Waals surface area (Å²) in [6.07, 6.45) is 0.990. The van der Waals surface area contributed by atoms with Gasteiger partial charge in [-0.1, -0.05) is 44.2 Å². The van der Waals surface area contributed by atoms with E-state index >= 15 is 0 Å². The van der Waals surface area contributed by atoms with E-state index in [-0.39, 0.29) is 17.6 Å². The molecule has 2 aromatic rings. The molecule has 2 nitrogen and oxygen atoms in total. The first kappa shape index (κ1) is 15.5. The van der Waals surface area contributed by atoms with Crippen LogP contribution < -0.4 is 10.1 Å². The zero-order valence-electron chi connectivity index (χ0n) is 12.8. The first-order chi connectivity index (χ1) is 10.2. The molecule has 0 bridgehead atoms. The molecule has 112 valence electrons. The fraction of sp³-hybridized carbons (Fsp3) is 0.333. The van der Waals surface area contributed by atoms with Crippen LogP contribution in [0.2, 0.25) is 0 Å². The fourth-order valence-corrected chi connectivity index (χ4v) is 2.49. The van der Waals surface area contributed by atoms with E-state index in [1.54, 1.807) is 12.1 Å². The van der Waals surface area contributed by atoms with E-state index in [0.717, 1.165) is 24.1 Å². The fourth-order valence-electron chi connectivity index (χ4n) is 2.49. The number of nitrogens with one attached hydrogen (secondary N) is 1. The van der Waals surface area contributed by atoms with E-state index in [2.05, 4.69) is 43.4 Å². The molecule has 1 atom stereocenters. The quantitative estimate of drug-likeness (QED) is 0.864. The molecule has 0 aliphatic rings. The lowest BCUT2D eigenvalue weighted by molar-refractivity contribution is 0.385. The summed E-state index contributed by atoms with van der Waals surface area (Å²) in [6.45, 7) is 5.00. The second-order valence-corrected chi connectivity index (χ2v) is 4.98. The van der Waals surface area contributed by atoms with Gasteiger partial charge in [0.05, 0.1) is 13.2 Å². The van der Waals surface area contributed by atoms with Crippen LogP contribution in [0.5, 0.6) is 5.75 Å². The van der Waals surface area contributed by atoms with Crippen LogP contribution in [0.4, 0.5) is 4.39 Å². The van der Waals surface area contributed by atoms with Gasteiger partial charge in [-0.25, -0.2) is 4.39 Å². The monoisotopic (exact) mass is 287 g/mol. The van der Waals surface area contributed by atoms with E-state index in [9.17, 15) is 4.39 Å². The van der Waals surface area contributed by atoms with Crippen molar-refractivity contribution in [2.24, 2.45) is 0 Å². The second-order valence-electron chi connectivity index (χ2n) is 4.98. The van der Waals surface area contributed by atoms with Gasteiger partial charge < -0.3 is 10.1 Å². The maximum atomic E-state index is 14.0. The Labute approximate surface area is 126 Å². The molecule has 0 spiro atoms. The van der Waals surface area contributed by atoms with Crippen LogP contribution in [-0.4, -0.2) is 13.7 Å². The van der Waals surface area contributed by atoms with Crippen molar-refractivity contribution in [3.63, 3.8) is 0 Å². The SMILES string of the molecule is CCNC(c1cccc(CC)c1)c1ccc(OC)c(F)c1. The van der Waals surface area contributed by atoms with Crippen LogP contribution in [0.25, 0.3) is 0 Å². The standard InChI is InChI=1S/C18H22FNO/c1-4-13-7-6-8-14(11-13)18(20-5-2)15-9-10-17(21-3)16(19)12-15/h6-12,18,20H,4-5H2,1-3H3. The Morgan fingerprint density at radius 1 is 1.10 bits per heavy atom. The van der Waals surface area contributed by atoms with Gasteiger partial charge in [0.1, 0.15) is 0 Å². The summed E-state index contributed by atoms with van der Waals surface area (Å²) >= 11 is 0. The highest BCUT2D eigenvalue weighted by molar-refractivity contribution is 5.38. The molecule has 2 rings (SSSR count). The molecule has 0 aliphatic heterocycles. The minimum atomic E-state index is -0.329. The van der Waals surface area contributed by atoms with Crippen molar-refractivity contribution in [3.8, 4) is 5.75 Å². The zero-order valence-corrected chi connectivity index (χ0v) is 12.8. The first-order valence-electron chi connectivity index (χ1n) is 7.35. The summed E-state index contributed by atoms with van der Waals surface area (Å²) in [5.74, 6) is -0.0548. The molecule has 3 heteroatoms. The Bertz CT molecular complexity index is 598. The summed E-state index contributed by atoms with van der Waals surface area (Å²) < 4.78 is 18.9. The number of methoxy groups -OCH3 is 1. The van der Waals surface area contributed by atoms with Crippen LogP contribution in [0.15, 0.2) is 42.5 Å². The number of benzene rings is 2. The smallest absolute Gasteiger partial charge is 0.165 e. The lowest BCUT2D eigenvalue weighted by Crippen LogP contribution is -2.22. The molecule has 0 aliphatic carbocycles. The minimum absolute atomic E-state index is 0.0121. The maximum absolute atomic E-state index is 14.0. The average Bonchev–Trinajstić information content (AvgIpc) is 2.52. The van der Waals surface area contributed by atoms with E-state index in [0.29, 0.717) is 0 Å². The Hall–Kier alpha value is -1.87. The summed E-state index contributed by atoms with van der Waals surface area (Å²) in [5, 5.41) is 3.42. The minimum Gasteiger partial charge on any atom is -0.494 e. The first-order valence-corrected chi connectivity index (χ1v) is 7.35. The van der Waals surface area contributed by atoms with Crippen molar-refractivity contribution in [1.82, 2.24) is 5.32 Å². The van der Waals surface area contributed by atoms with Crippen LogP contribution in [-0.2, 0) is 6.42 Å². The van der Waals surface area contributed by atoms with Gasteiger partial charge in [-0.3, -0.25) is 0 Å². The zero-order chi connectivity index (χ0) is 15.2. The molecule has 1 N–H and O–H groups in total. The second kappa shape index (κ2) is 7.23. The summed E-state index contributed by atoms with van der Waals surface area (Å²) in [7, 11) is 1.48. The third kappa shape index (κ3) is 3.61. The van der Waals surface area contributed by atoms with Crippen LogP contribution in [0.3, 0.4) is 0 Å². The van der Waals surface area contributed by atoms with Crippen LogP contribution in [0, 0.1) is 5.82 Å². The molecule has 0 amide bonds. The number of aryl methyl sites for hydroxylation is 1. The third-order valence-electron chi connectivity index (χ3n) is 3.61. The van der Waals surface area contributed by atoms with E-state index in [4.69, 9.17) is 4.74 Å². The van der Waals surface area contributed by atoms with Crippen molar-refractivity contribution in [2.45, 2.75) is 26.3 Å². The summed E-state index contributed by atoms with van der Waals surface area (Å²) in [4.78, 5) is 0. The number of hydrogen-bond acceptors (Lipinski definition) is 2. The number of halogens is 1. The van der Waals surface area contributed by atoms with Crippen LogP contribution >= 0.6 is 0 Å². The lowest BCUT2D eigenvalue weighted by atomic mass is 9.96. The molecule has 0 saturated carbocycles. The number of rotatable bonds is 6. The van der Waals surface area contributed by atoms with Gasteiger partial charge in [-0.15, -0.1) is 0 Å². The highest BCUT2D eigenvalue weighted by Gasteiger charge is 2.15. The van der Waals surface area contributed by atoms with E-state index in [1.165, 1.54) is 12.7 Å². The molecule has 0 aromatic heterocycles. The molecule has 0 fully saturated rings. The topological polar surface area (TPSA) is 21.3 Å². The van der Waals surface area contributed by atoms with Gasteiger partial charge in [0.2, 0.25) is 0 Å². The highest BCUT2D eigenvalue weighted by Crippen LogP contribution is 2.27. The molecule has 0 radical (unpaired) electrons. The molecular weight excluding hydrogens is 265 g/mol. The predicted octanol–water partition coefficient (Wildman–Crippen LogP) is 4.10. The largest absolute Gasteiger partial charge is 0.494 e. The molecule has 1 unspecified atom stereocenters. The van der Waals surface area contributed by atoms with Gasteiger partial charge in [0.15, 0.2) is 11.6 Å². The Balaban J connectivity index is 2.40. The van der Waals surface area contributed by atoms with Gasteiger partial charge in [0, 0.05) is 0 Å². The lowest BCUT2D eigenvalue weighted by Gasteiger charge is -2.20. The number of ether oxygens (including phenoxy) is 1. The molecule has 0 heterocycles. The van der Waals surface area contributed by atoms with Crippen molar-refractivity contribution < 1.29 is 9.13 Å². The average molecular weight is 287 g/mol. The third-order valence-corrected chi connectivity index (χ3v) is 3.61. The van der Waals surface area contributed by atoms with Gasteiger partial charge in [0.25, 0.3) is 0 Å². The summed E-state index contributed by atoms with van der Waals surface area (Å²) in [5.41, 5.74) is 3.34. The Morgan fingerprint density at radius 3 is 2.48 bits per heavy atom. The van der Waals surface area contributed by atoms with E-state index in [1.807, 2.05) is 6.07 Å². The summed E-state index contributed by atoms with van der Waals surface area (Å²) in [6, 6.07) is 13.5. The van der Waals surface area contributed by atoms with Crippen molar-refractivity contribution >= 4 is 0 Å². The molecule has 2 aromatic carbocycles. The molecule has 21 heavy (non-hydrogen) atoms. The predicted molar refractivity (Wildman–Crippen MR) is 84.3 cm³/mol. The van der Waals surface area contributed by atoms with Crippen molar-refractivity contribution in [3.05, 3.63) is 65.0 Å². The highest BCUT2D eigenvalue weighted by atomic mass is 19.1. The number of hydrogen-bond donors (Lipinski definition) is 1. The van der Waals surface area contributed by atoms with Gasteiger partial charge in [-0.2, -0.15) is 0 Å². The maximum Gasteiger partial charge on any atom is 0.165 e.